The number of unbranched alkanes of at least 4 members (excludes halogenated alkanes) is 1. The summed E-state index contributed by atoms with van der Waals surface area (Å²) in [4.78, 5) is 24.3. The second kappa shape index (κ2) is 15.1. The van der Waals surface area contributed by atoms with Crippen LogP contribution in [0, 0.1) is 0 Å². The highest BCUT2D eigenvalue weighted by molar-refractivity contribution is 9.16. The Balaban J connectivity index is 1.79. The van der Waals surface area contributed by atoms with E-state index in [-0.39, 0.29) is 38.0 Å². The van der Waals surface area contributed by atoms with Crippen LogP contribution in [0.5, 0.6) is 0 Å². The van der Waals surface area contributed by atoms with E-state index in [1.807, 2.05) is 0 Å². The summed E-state index contributed by atoms with van der Waals surface area (Å²) in [6, 6.07) is 0. The van der Waals surface area contributed by atoms with Crippen molar-refractivity contribution in [3.63, 3.8) is 0 Å². The molecule has 2 rings (SSSR count). The van der Waals surface area contributed by atoms with E-state index in [0.717, 1.165) is 55.9 Å². The van der Waals surface area contributed by atoms with E-state index in [9.17, 15) is 9.59 Å². The molecule has 0 heterocycles. The van der Waals surface area contributed by atoms with Gasteiger partial charge in [0.05, 0.1) is 0 Å². The molecule has 0 spiro atoms. The molecule has 0 N–H and O–H groups in total. The number of hydrogen-bond acceptors (Lipinski definition) is 4. The first kappa shape index (κ1) is 32.4. The van der Waals surface area contributed by atoms with Gasteiger partial charge in [0.1, 0.15) is 13.2 Å². The van der Waals surface area contributed by atoms with Crippen LogP contribution in [0.2, 0.25) is 0 Å². The van der Waals surface area contributed by atoms with Crippen LogP contribution in [0.1, 0.15) is 36.8 Å². The average Bonchev–Trinajstić information content (AvgIpc) is 2.81. The second-order valence-corrected chi connectivity index (χ2v) is 14.6. The number of hydrogen-bond donors (Lipinski definition) is 0. The predicted molar refractivity (Wildman–Crippen MR) is 168 cm³/mol. The Morgan fingerprint density at radius 1 is 0.441 bits per heavy atom. The number of rotatable bonds is 9. The maximum absolute atomic E-state index is 12.2. The topological polar surface area (TPSA) is 52.6 Å². The lowest BCUT2D eigenvalue weighted by Gasteiger charge is -2.14. The van der Waals surface area contributed by atoms with Crippen molar-refractivity contribution >= 4 is 171 Å². The molecule has 0 aliphatic carbocycles. The quantitative estimate of drug-likeness (QED) is 0.109. The van der Waals surface area contributed by atoms with Crippen LogP contribution in [-0.2, 0) is 32.3 Å². The lowest BCUT2D eigenvalue weighted by atomic mass is 10.2. The molecule has 0 bridgehead atoms. The van der Waals surface area contributed by atoms with Gasteiger partial charge in [0.25, 0.3) is 0 Å². The standard InChI is InChI=1S/C20H12Br10O4/c21-11-7(12(22)16(26)19(29)15(11)25)5-33-9(31)3-1-2-4-10(32)34-6-8-13(23)17(27)20(30)18(28)14(8)24/h1-6H2. The van der Waals surface area contributed by atoms with Crippen molar-refractivity contribution in [1.29, 1.82) is 0 Å². The van der Waals surface area contributed by atoms with Gasteiger partial charge in [0, 0.05) is 68.7 Å². The van der Waals surface area contributed by atoms with Crippen LogP contribution in [0.25, 0.3) is 0 Å². The predicted octanol–water partition coefficient (Wildman–Crippen LogP) is 11.7. The molecule has 0 atom stereocenters. The van der Waals surface area contributed by atoms with Gasteiger partial charge < -0.3 is 9.47 Å². The average molecular weight is 1120 g/mol. The van der Waals surface area contributed by atoms with Gasteiger partial charge in [-0.25, -0.2) is 0 Å². The monoisotopic (exact) mass is 1110 g/mol. The van der Waals surface area contributed by atoms with Crippen molar-refractivity contribution in [1.82, 2.24) is 0 Å². The van der Waals surface area contributed by atoms with E-state index in [1.165, 1.54) is 0 Å². The molecule has 0 saturated carbocycles. The highest BCUT2D eigenvalue weighted by atomic mass is 79.9. The van der Waals surface area contributed by atoms with Gasteiger partial charge in [-0.05, 0) is 172 Å². The first-order valence-corrected chi connectivity index (χ1v) is 17.1. The van der Waals surface area contributed by atoms with Crippen LogP contribution in [0.4, 0.5) is 0 Å². The zero-order valence-electron chi connectivity index (χ0n) is 16.7. The molecule has 34 heavy (non-hydrogen) atoms. The largest absolute Gasteiger partial charge is 0.461 e. The fourth-order valence-electron chi connectivity index (χ4n) is 2.54. The Kier molecular flexibility index (Phi) is 14.4. The molecule has 2 aromatic rings. The third-order valence-corrected chi connectivity index (χ3v) is 16.9. The molecule has 0 aromatic heterocycles. The Morgan fingerprint density at radius 3 is 0.941 bits per heavy atom. The highest BCUT2D eigenvalue weighted by Crippen LogP contribution is 2.46. The van der Waals surface area contributed by atoms with E-state index < -0.39 is 0 Å². The minimum atomic E-state index is -0.334. The van der Waals surface area contributed by atoms with Gasteiger partial charge in [-0.15, -0.1) is 0 Å². The summed E-state index contributed by atoms with van der Waals surface area (Å²) in [5.74, 6) is -0.667. The first-order chi connectivity index (χ1) is 15.9. The first-order valence-electron chi connectivity index (χ1n) is 9.20. The molecule has 0 unspecified atom stereocenters. The van der Waals surface area contributed by atoms with E-state index >= 15 is 0 Å². The summed E-state index contributed by atoms with van der Waals surface area (Å²) in [6.45, 7) is 0.211. The van der Waals surface area contributed by atoms with Crippen molar-refractivity contribution in [2.45, 2.75) is 38.9 Å². The van der Waals surface area contributed by atoms with Gasteiger partial charge >= 0.3 is 11.9 Å². The molecule has 0 fully saturated rings. The van der Waals surface area contributed by atoms with Crippen LogP contribution in [-0.4, -0.2) is 11.9 Å². The lowest BCUT2D eigenvalue weighted by Crippen LogP contribution is -2.08. The van der Waals surface area contributed by atoms with E-state index in [2.05, 4.69) is 159 Å². The fraction of sp³-hybridized carbons (Fsp3) is 0.300. The molecule has 0 aliphatic rings. The molecular formula is C20H12Br10O4. The SMILES string of the molecule is O=C(CCCCC(=O)OCc1c(Br)c(Br)c(Br)c(Br)c1Br)OCc1c(Br)c(Br)c(Br)c(Br)c1Br. The van der Waals surface area contributed by atoms with Crippen molar-refractivity contribution in [2.24, 2.45) is 0 Å². The van der Waals surface area contributed by atoms with Crippen molar-refractivity contribution in [3.05, 3.63) is 55.9 Å². The molecular weight excluding hydrogens is 1100 g/mol. The summed E-state index contributed by atoms with van der Waals surface area (Å²) < 4.78 is 18.9. The third kappa shape index (κ3) is 8.34. The van der Waals surface area contributed by atoms with Crippen LogP contribution in [0.15, 0.2) is 44.7 Å². The highest BCUT2D eigenvalue weighted by Gasteiger charge is 2.20. The zero-order valence-corrected chi connectivity index (χ0v) is 32.5. The van der Waals surface area contributed by atoms with Crippen LogP contribution < -0.4 is 0 Å². The molecule has 14 heteroatoms. The van der Waals surface area contributed by atoms with Gasteiger partial charge in [-0.3, -0.25) is 9.59 Å². The summed E-state index contributed by atoms with van der Waals surface area (Å²) >= 11 is 35.0. The van der Waals surface area contributed by atoms with Crippen LogP contribution in [0.3, 0.4) is 0 Å². The Hall–Kier alpha value is 2.18. The minimum Gasteiger partial charge on any atom is -0.461 e. The Labute approximate surface area is 281 Å². The molecule has 4 nitrogen and oxygen atoms in total. The van der Waals surface area contributed by atoms with Crippen molar-refractivity contribution in [2.75, 3.05) is 0 Å². The van der Waals surface area contributed by atoms with Gasteiger partial charge in [0.2, 0.25) is 0 Å². The molecule has 186 valence electrons. The zero-order chi connectivity index (χ0) is 25.7. The number of carbonyl (C=O) groups is 2. The van der Waals surface area contributed by atoms with Gasteiger partial charge in [0.15, 0.2) is 0 Å². The summed E-state index contributed by atoms with van der Waals surface area (Å²) in [5.41, 5.74) is 1.59. The van der Waals surface area contributed by atoms with E-state index in [1.54, 1.807) is 0 Å². The molecule has 0 amide bonds. The van der Waals surface area contributed by atoms with E-state index in [4.69, 9.17) is 9.47 Å². The molecule has 0 radical (unpaired) electrons. The van der Waals surface area contributed by atoms with Crippen LogP contribution >= 0.6 is 159 Å². The number of halogens is 10. The summed E-state index contributed by atoms with van der Waals surface area (Å²) in [6.07, 6.45) is 1.47. The van der Waals surface area contributed by atoms with Crippen molar-refractivity contribution < 1.29 is 19.1 Å². The Morgan fingerprint density at radius 2 is 0.676 bits per heavy atom. The normalized spacial score (nSPS) is 11.0. The fourth-order valence-corrected chi connectivity index (χ4v) is 9.26. The lowest BCUT2D eigenvalue weighted by molar-refractivity contribution is -0.147. The number of ether oxygens (including phenoxy) is 2. The number of carbonyl (C=O) groups excluding carboxylic acids is 2. The maximum Gasteiger partial charge on any atom is 0.306 e. The summed E-state index contributed by atoms with van der Waals surface area (Å²) in [7, 11) is 0. The van der Waals surface area contributed by atoms with E-state index in [0.29, 0.717) is 12.8 Å². The molecule has 2 aromatic carbocycles. The second-order valence-electron chi connectivity index (χ2n) is 6.63. The Bertz CT molecular complexity index is 974. The molecule has 0 aliphatic heterocycles. The van der Waals surface area contributed by atoms with Gasteiger partial charge in [-0.2, -0.15) is 0 Å². The van der Waals surface area contributed by atoms with Gasteiger partial charge in [-0.1, -0.05) is 0 Å². The molecule has 0 saturated heterocycles. The number of esters is 2. The summed E-state index contributed by atoms with van der Waals surface area (Å²) in [5, 5.41) is 0. The maximum atomic E-state index is 12.2. The smallest absolute Gasteiger partial charge is 0.306 e. The number of benzene rings is 2. The minimum absolute atomic E-state index is 0.106. The van der Waals surface area contributed by atoms with Crippen molar-refractivity contribution in [3.8, 4) is 0 Å². The third-order valence-electron chi connectivity index (χ3n) is 4.37.